The van der Waals surface area contributed by atoms with E-state index in [4.69, 9.17) is 12.2 Å². The monoisotopic (exact) mass is 713 g/mol. The van der Waals surface area contributed by atoms with Crippen LogP contribution in [-0.4, -0.2) is 31.9 Å². The van der Waals surface area contributed by atoms with Crippen LogP contribution in [0.15, 0.2) is 108 Å². The summed E-state index contributed by atoms with van der Waals surface area (Å²) in [6.07, 6.45) is 7.38. The second kappa shape index (κ2) is 13.4. The average molecular weight is 714 g/mol. The van der Waals surface area contributed by atoms with E-state index in [2.05, 4.69) is 101 Å². The molecule has 0 spiro atoms. The molecule has 1 saturated heterocycles. The highest BCUT2D eigenvalue weighted by atomic mass is 32.2. The van der Waals surface area contributed by atoms with Crippen molar-refractivity contribution in [1.82, 2.24) is 9.88 Å². The lowest BCUT2D eigenvalue weighted by Gasteiger charge is -2.27. The first-order valence-electron chi connectivity index (χ1n) is 16.4. The third-order valence-electron chi connectivity index (χ3n) is 9.48. The molecular weight excluding hydrogens is 683 g/mol. The number of rotatable bonds is 7. The normalized spacial score (nSPS) is 19.4. The van der Waals surface area contributed by atoms with Crippen molar-refractivity contribution < 1.29 is 14.7 Å². The maximum Gasteiger partial charge on any atom is 0.323 e. The number of carbonyl (C=O) groups is 2. The first kappa shape index (κ1) is 32.2. The molecule has 8 rings (SSSR count). The number of anilines is 2. The van der Waals surface area contributed by atoms with Gasteiger partial charge in [0.15, 0.2) is 0 Å². The zero-order chi connectivity index (χ0) is 34.4. The largest absolute Gasteiger partial charge is 0.480 e. The van der Waals surface area contributed by atoms with Gasteiger partial charge in [-0.05, 0) is 82.6 Å². The van der Waals surface area contributed by atoms with Crippen LogP contribution >= 0.6 is 35.3 Å². The molecule has 3 heterocycles. The number of thioether (sulfide) groups is 1. The van der Waals surface area contributed by atoms with Crippen LogP contribution in [-0.2, 0) is 16.1 Å². The van der Waals surface area contributed by atoms with Gasteiger partial charge < -0.3 is 15.3 Å². The number of carbonyl (C=O) groups excluding carboxylic acids is 1. The highest BCUT2D eigenvalue weighted by Gasteiger charge is 2.42. The van der Waals surface area contributed by atoms with E-state index in [9.17, 15) is 19.5 Å². The van der Waals surface area contributed by atoms with Crippen molar-refractivity contribution in [3.05, 3.63) is 150 Å². The van der Waals surface area contributed by atoms with Crippen LogP contribution in [0.2, 0.25) is 0 Å². The minimum Gasteiger partial charge on any atom is -0.480 e. The summed E-state index contributed by atoms with van der Waals surface area (Å²) >= 11 is 7.29. The second-order valence-corrected chi connectivity index (χ2v) is 15.3. The Hall–Kier alpha value is -5.03. The Kier molecular flexibility index (Phi) is 8.60. The van der Waals surface area contributed by atoms with E-state index < -0.39 is 24.0 Å². The van der Waals surface area contributed by atoms with Crippen LogP contribution in [0, 0.1) is 0 Å². The summed E-state index contributed by atoms with van der Waals surface area (Å²) < 4.78 is 2.10. The lowest BCUT2D eigenvalue weighted by atomic mass is 9.95. The standard InChI is InChI=1S/C40H31N3O4S3/c44-35(45)23-42-38(47)34(49-39(42)36-37(46)41-40(48)50-36)22-25-16-19-33-31(21-25)29-12-7-13-32(29)43(33)28-17-14-24(15-18-28)20-30(26-8-3-1-4-9-26)27-10-5-2-6-11-27/h1-6,8-11,14-22,29,32H,7,12-13,23H2,(H,44,45)(H,41,46,48)/b34-22-,39-36+. The van der Waals surface area contributed by atoms with Crippen molar-refractivity contribution in [2.45, 2.75) is 37.8 Å². The minimum atomic E-state index is -1.16. The Morgan fingerprint density at radius 3 is 2.22 bits per heavy atom. The number of hydrogen-bond donors (Lipinski definition) is 2. The Morgan fingerprint density at radius 2 is 1.58 bits per heavy atom. The van der Waals surface area contributed by atoms with E-state index >= 15 is 0 Å². The van der Waals surface area contributed by atoms with E-state index in [1.165, 1.54) is 28.0 Å². The average Bonchev–Trinajstić information content (AvgIpc) is 3.88. The van der Waals surface area contributed by atoms with E-state index in [1.807, 2.05) is 18.2 Å². The minimum absolute atomic E-state index is 0.245. The molecule has 10 heteroatoms. The summed E-state index contributed by atoms with van der Waals surface area (Å²) in [5.41, 5.74) is 8.64. The van der Waals surface area contributed by atoms with Crippen LogP contribution in [0.1, 0.15) is 53.0 Å². The summed E-state index contributed by atoms with van der Waals surface area (Å²) in [5.74, 6) is -1.21. The number of carboxylic acid groups (broad SMARTS) is 1. The van der Waals surface area contributed by atoms with Gasteiger partial charge in [0.2, 0.25) is 0 Å². The van der Waals surface area contributed by atoms with Crippen LogP contribution in [0.5, 0.6) is 0 Å². The third kappa shape index (κ3) is 6.04. The Bertz CT molecular complexity index is 2340. The molecule has 5 aromatic rings. The molecule has 2 aliphatic heterocycles. The van der Waals surface area contributed by atoms with Gasteiger partial charge in [-0.3, -0.25) is 19.0 Å². The molecule has 2 fully saturated rings. The maximum atomic E-state index is 13.5. The molecule has 0 radical (unpaired) electrons. The molecule has 4 aromatic carbocycles. The number of nitrogens with zero attached hydrogens (tertiary/aromatic N) is 2. The first-order valence-corrected chi connectivity index (χ1v) is 18.4. The van der Waals surface area contributed by atoms with Crippen molar-refractivity contribution in [2.24, 2.45) is 0 Å². The van der Waals surface area contributed by atoms with Gasteiger partial charge in [-0.2, -0.15) is 0 Å². The van der Waals surface area contributed by atoms with E-state index in [-0.39, 0.29) is 9.23 Å². The number of fused-ring (bicyclic) bond motifs is 3. The fourth-order valence-electron chi connectivity index (χ4n) is 7.34. The third-order valence-corrected chi connectivity index (χ3v) is 12.0. The Morgan fingerprint density at radius 1 is 0.900 bits per heavy atom. The summed E-state index contributed by atoms with van der Waals surface area (Å²) in [7, 11) is 0. The fourth-order valence-corrected chi connectivity index (χ4v) is 9.65. The van der Waals surface area contributed by atoms with Gasteiger partial charge in [0.1, 0.15) is 20.4 Å². The van der Waals surface area contributed by atoms with E-state index in [0.717, 1.165) is 63.7 Å². The van der Waals surface area contributed by atoms with Gasteiger partial charge in [0.05, 0.1) is 4.53 Å². The molecule has 3 aliphatic rings. The molecule has 1 aliphatic carbocycles. The molecule has 7 nitrogen and oxygen atoms in total. The Labute approximate surface area is 301 Å². The summed E-state index contributed by atoms with van der Waals surface area (Å²) in [4.78, 5) is 40.4. The smallest absolute Gasteiger partial charge is 0.323 e. The van der Waals surface area contributed by atoms with Crippen molar-refractivity contribution >= 4 is 85.5 Å². The number of benzene rings is 4. The quantitative estimate of drug-likeness (QED) is 0.148. The van der Waals surface area contributed by atoms with Gasteiger partial charge >= 0.3 is 5.97 Å². The molecule has 1 amide bonds. The van der Waals surface area contributed by atoms with Crippen LogP contribution in [0.4, 0.5) is 11.4 Å². The fraction of sp³-hybridized carbons (Fsp3) is 0.150. The second-order valence-electron chi connectivity index (χ2n) is 12.5. The van der Waals surface area contributed by atoms with Crippen LogP contribution in [0.3, 0.4) is 0 Å². The van der Waals surface area contributed by atoms with Gasteiger partial charge in [0, 0.05) is 23.3 Å². The zero-order valence-corrected chi connectivity index (χ0v) is 29.2. The zero-order valence-electron chi connectivity index (χ0n) is 26.7. The van der Waals surface area contributed by atoms with Gasteiger partial charge in [-0.25, -0.2) is 0 Å². The summed E-state index contributed by atoms with van der Waals surface area (Å²) in [6, 6.07) is 36.4. The first-order chi connectivity index (χ1) is 24.3. The lowest BCUT2D eigenvalue weighted by Crippen LogP contribution is -2.35. The number of thiazole rings is 1. The highest BCUT2D eigenvalue weighted by molar-refractivity contribution is 8.30. The van der Waals surface area contributed by atoms with Gasteiger partial charge in [0.25, 0.3) is 11.5 Å². The van der Waals surface area contributed by atoms with Crippen LogP contribution < -0.4 is 25.0 Å². The number of nitrogens with one attached hydrogen (secondary N) is 1. The molecule has 50 heavy (non-hydrogen) atoms. The van der Waals surface area contributed by atoms with Gasteiger partial charge in [-0.15, -0.1) is 11.3 Å². The van der Waals surface area contributed by atoms with Crippen molar-refractivity contribution in [3.63, 3.8) is 0 Å². The number of aliphatic carboxylic acids is 1. The van der Waals surface area contributed by atoms with Crippen molar-refractivity contribution in [2.75, 3.05) is 4.90 Å². The lowest BCUT2D eigenvalue weighted by molar-refractivity contribution is -0.137. The number of aromatic nitrogens is 1. The summed E-state index contributed by atoms with van der Waals surface area (Å²) in [6.45, 7) is -0.542. The molecule has 2 atom stereocenters. The van der Waals surface area contributed by atoms with Crippen LogP contribution in [0.25, 0.3) is 22.6 Å². The van der Waals surface area contributed by atoms with Crippen molar-refractivity contribution in [3.8, 4) is 0 Å². The SMILES string of the molecule is O=C(O)Cn1c(=O)/c(=C/c2ccc3c(c2)C2CCCC2N3c2ccc(C=C(c3ccccc3)c3ccccc3)cc2)s/c1=C1/SC(=S)NC1=O. The molecule has 1 saturated carbocycles. The Balaban J connectivity index is 1.15. The number of carboxylic acids is 1. The predicted molar refractivity (Wildman–Crippen MR) is 206 cm³/mol. The molecule has 0 bridgehead atoms. The van der Waals surface area contributed by atoms with Crippen molar-refractivity contribution in [1.29, 1.82) is 0 Å². The number of thiocarbonyl (C=S) groups is 1. The molecule has 2 N–H and O–H groups in total. The summed E-state index contributed by atoms with van der Waals surface area (Å²) in [5, 5.41) is 12.1. The highest BCUT2D eigenvalue weighted by Crippen LogP contribution is 2.52. The van der Waals surface area contributed by atoms with E-state index in [0.29, 0.717) is 21.2 Å². The molecule has 248 valence electrons. The molecule has 1 aromatic heterocycles. The van der Waals surface area contributed by atoms with Gasteiger partial charge in [-0.1, -0.05) is 109 Å². The maximum absolute atomic E-state index is 13.5. The number of hydrogen-bond acceptors (Lipinski definition) is 7. The predicted octanol–water partition coefficient (Wildman–Crippen LogP) is 6.46. The molecule has 2 unspecified atom stereocenters. The molecular formula is C40H31N3O4S3. The van der Waals surface area contributed by atoms with E-state index in [1.54, 1.807) is 6.08 Å². The number of amides is 1. The topological polar surface area (TPSA) is 91.6 Å².